The molecule has 38 heavy (non-hydrogen) atoms. The van der Waals surface area contributed by atoms with E-state index in [0.29, 0.717) is 37.7 Å². The highest BCUT2D eigenvalue weighted by atomic mass is 16.5. The molecule has 204 valence electrons. The number of carboxylic acids is 1. The number of hydrogen-bond acceptors (Lipinski definition) is 7. The number of aromatic nitrogens is 1. The number of nitrogens with one attached hydrogen (secondary N) is 2. The molecule has 5 rings (SSSR count). The number of aliphatic carboxylic acids is 1. The summed E-state index contributed by atoms with van der Waals surface area (Å²) in [5, 5.41) is 15.9. The smallest absolute Gasteiger partial charge is 0.326 e. The van der Waals surface area contributed by atoms with Gasteiger partial charge in [0.15, 0.2) is 0 Å². The Labute approximate surface area is 224 Å². The third-order valence-electron chi connectivity index (χ3n) is 7.95. The van der Waals surface area contributed by atoms with Crippen molar-refractivity contribution < 1.29 is 19.4 Å². The number of fused-ring (bicyclic) bond motifs is 1. The Bertz CT molecular complexity index is 1120. The molecule has 9 heteroatoms. The second-order valence-electron chi connectivity index (χ2n) is 10.6. The van der Waals surface area contributed by atoms with Gasteiger partial charge in [-0.2, -0.15) is 0 Å². The fourth-order valence-corrected chi connectivity index (χ4v) is 5.69. The third kappa shape index (κ3) is 6.82. The first kappa shape index (κ1) is 26.4. The predicted octanol–water partition coefficient (Wildman–Crippen LogP) is 2.80. The summed E-state index contributed by atoms with van der Waals surface area (Å²) in [5.41, 5.74) is 3.89. The van der Waals surface area contributed by atoms with Crippen LogP contribution in [0.3, 0.4) is 0 Å². The summed E-state index contributed by atoms with van der Waals surface area (Å²) < 4.78 is 5.41. The maximum absolute atomic E-state index is 12.9. The van der Waals surface area contributed by atoms with Gasteiger partial charge >= 0.3 is 5.97 Å². The number of ether oxygens (including phenoxy) is 1. The molecule has 0 spiro atoms. The number of likely N-dealkylation sites (tertiary alicyclic amines) is 1. The number of pyridine rings is 1. The standard InChI is InChI=1S/C29H39N5O4/c35-28(23-3-1-5-25(19-23)34-15-17-38-18-16-34)32-26(29(36)37)11-14-33-13-10-21(20-33)6-8-24-9-7-22-4-2-12-30-27(22)31-24/h1,3,5,7,9,19,21,26H,2,4,6,8,10-18,20H2,(H,30,31)(H,32,35)(H,36,37)/t21-,26?/m0/s1. The summed E-state index contributed by atoms with van der Waals surface area (Å²) in [6.45, 7) is 6.47. The van der Waals surface area contributed by atoms with Crippen LogP contribution in [-0.4, -0.2) is 85.4 Å². The van der Waals surface area contributed by atoms with Crippen molar-refractivity contribution >= 4 is 23.4 Å². The highest BCUT2D eigenvalue weighted by molar-refractivity contribution is 5.97. The normalized spacial score (nSPS) is 20.4. The molecule has 0 aliphatic carbocycles. The summed E-state index contributed by atoms with van der Waals surface area (Å²) >= 11 is 0. The van der Waals surface area contributed by atoms with Crippen LogP contribution in [0.15, 0.2) is 36.4 Å². The minimum Gasteiger partial charge on any atom is -0.480 e. The van der Waals surface area contributed by atoms with Gasteiger partial charge < -0.3 is 30.3 Å². The van der Waals surface area contributed by atoms with Crippen molar-refractivity contribution in [2.75, 3.05) is 62.7 Å². The van der Waals surface area contributed by atoms with Crippen molar-refractivity contribution in [3.63, 3.8) is 0 Å². The molecule has 0 bridgehead atoms. The molecule has 1 aromatic heterocycles. The Morgan fingerprint density at radius 2 is 2.05 bits per heavy atom. The quantitative estimate of drug-likeness (QED) is 0.438. The molecule has 2 saturated heterocycles. The number of aryl methyl sites for hydroxylation is 2. The SMILES string of the molecule is O=C(NC(CCN1CC[C@H](CCc2ccc3c(n2)NCCC3)C1)C(=O)O)c1cccc(N2CCOCC2)c1. The Hall–Kier alpha value is -3.17. The number of morpholine rings is 1. The van der Waals surface area contributed by atoms with Gasteiger partial charge in [-0.1, -0.05) is 12.1 Å². The molecule has 2 fully saturated rings. The van der Waals surface area contributed by atoms with Gasteiger partial charge in [0.1, 0.15) is 11.9 Å². The third-order valence-corrected chi connectivity index (χ3v) is 7.95. The number of rotatable bonds is 10. The molecule has 1 aromatic carbocycles. The van der Waals surface area contributed by atoms with Crippen molar-refractivity contribution in [1.82, 2.24) is 15.2 Å². The fraction of sp³-hybridized carbons (Fsp3) is 0.552. The largest absolute Gasteiger partial charge is 0.480 e. The van der Waals surface area contributed by atoms with Gasteiger partial charge in [-0.05, 0) is 80.8 Å². The lowest BCUT2D eigenvalue weighted by atomic mass is 10.00. The van der Waals surface area contributed by atoms with Crippen LogP contribution in [0.2, 0.25) is 0 Å². The van der Waals surface area contributed by atoms with E-state index in [2.05, 4.69) is 32.6 Å². The van der Waals surface area contributed by atoms with E-state index >= 15 is 0 Å². The van der Waals surface area contributed by atoms with Gasteiger partial charge in [-0.25, -0.2) is 9.78 Å². The molecule has 2 aromatic rings. The number of amides is 1. The minimum absolute atomic E-state index is 0.348. The number of carbonyl (C=O) groups excluding carboxylic acids is 1. The maximum atomic E-state index is 12.9. The molecule has 3 aliphatic heterocycles. The molecule has 0 radical (unpaired) electrons. The van der Waals surface area contributed by atoms with Gasteiger partial charge in [0.05, 0.1) is 13.2 Å². The van der Waals surface area contributed by atoms with Crippen LogP contribution in [0.1, 0.15) is 47.3 Å². The van der Waals surface area contributed by atoms with Crippen molar-refractivity contribution in [2.24, 2.45) is 5.92 Å². The lowest BCUT2D eigenvalue weighted by Crippen LogP contribution is -2.43. The first-order chi connectivity index (χ1) is 18.5. The van der Waals surface area contributed by atoms with Gasteiger partial charge in [0.25, 0.3) is 5.91 Å². The van der Waals surface area contributed by atoms with E-state index in [1.807, 2.05) is 18.2 Å². The Morgan fingerprint density at radius 3 is 2.89 bits per heavy atom. The van der Waals surface area contributed by atoms with E-state index in [9.17, 15) is 14.7 Å². The molecule has 3 N–H and O–H groups in total. The summed E-state index contributed by atoms with van der Waals surface area (Å²) in [6.07, 6.45) is 5.81. The average molecular weight is 522 g/mol. The molecule has 1 amide bonds. The number of anilines is 2. The zero-order chi connectivity index (χ0) is 26.3. The van der Waals surface area contributed by atoms with Crippen LogP contribution in [-0.2, 0) is 22.4 Å². The number of carbonyl (C=O) groups is 2. The zero-order valence-corrected chi connectivity index (χ0v) is 22.0. The highest BCUT2D eigenvalue weighted by Gasteiger charge is 2.26. The summed E-state index contributed by atoms with van der Waals surface area (Å²) in [4.78, 5) is 34.2. The van der Waals surface area contributed by atoms with Crippen LogP contribution < -0.4 is 15.5 Å². The first-order valence-corrected chi connectivity index (χ1v) is 14.0. The van der Waals surface area contributed by atoms with Gasteiger partial charge in [0, 0.05) is 49.7 Å². The summed E-state index contributed by atoms with van der Waals surface area (Å²) in [6, 6.07) is 10.8. The van der Waals surface area contributed by atoms with E-state index in [4.69, 9.17) is 9.72 Å². The van der Waals surface area contributed by atoms with Crippen LogP contribution in [0, 0.1) is 5.92 Å². The van der Waals surface area contributed by atoms with Crippen molar-refractivity contribution in [1.29, 1.82) is 0 Å². The molecule has 0 saturated carbocycles. The molecule has 2 atom stereocenters. The minimum atomic E-state index is -0.995. The van der Waals surface area contributed by atoms with Crippen molar-refractivity contribution in [3.8, 4) is 0 Å². The summed E-state index contributed by atoms with van der Waals surface area (Å²) in [5.74, 6) is 0.294. The van der Waals surface area contributed by atoms with Gasteiger partial charge in [-0.3, -0.25) is 4.79 Å². The summed E-state index contributed by atoms with van der Waals surface area (Å²) in [7, 11) is 0. The average Bonchev–Trinajstić information content (AvgIpc) is 3.42. The molecule has 1 unspecified atom stereocenters. The highest BCUT2D eigenvalue weighted by Crippen LogP contribution is 2.24. The lowest BCUT2D eigenvalue weighted by molar-refractivity contribution is -0.139. The van der Waals surface area contributed by atoms with E-state index < -0.39 is 12.0 Å². The topological polar surface area (TPSA) is 107 Å². The van der Waals surface area contributed by atoms with Crippen LogP contribution in [0.5, 0.6) is 0 Å². The zero-order valence-electron chi connectivity index (χ0n) is 22.0. The van der Waals surface area contributed by atoms with Crippen LogP contribution in [0.4, 0.5) is 11.5 Å². The van der Waals surface area contributed by atoms with E-state index in [1.165, 1.54) is 12.0 Å². The van der Waals surface area contributed by atoms with Crippen molar-refractivity contribution in [3.05, 3.63) is 53.2 Å². The van der Waals surface area contributed by atoms with Gasteiger partial charge in [0.2, 0.25) is 0 Å². The molecule has 9 nitrogen and oxygen atoms in total. The second kappa shape index (κ2) is 12.6. The fourth-order valence-electron chi connectivity index (χ4n) is 5.69. The second-order valence-corrected chi connectivity index (χ2v) is 10.6. The molecular weight excluding hydrogens is 482 g/mol. The number of hydrogen-bond donors (Lipinski definition) is 3. The monoisotopic (exact) mass is 521 g/mol. The number of carboxylic acid groups (broad SMARTS) is 1. The maximum Gasteiger partial charge on any atom is 0.326 e. The molecular formula is C29H39N5O4. The Kier molecular flexibility index (Phi) is 8.75. The first-order valence-electron chi connectivity index (χ1n) is 14.0. The number of benzene rings is 1. The number of nitrogens with zero attached hydrogens (tertiary/aromatic N) is 3. The van der Waals surface area contributed by atoms with Crippen LogP contribution in [0.25, 0.3) is 0 Å². The molecule has 3 aliphatic rings. The lowest BCUT2D eigenvalue weighted by Gasteiger charge is -2.29. The van der Waals surface area contributed by atoms with E-state index in [0.717, 1.165) is 75.6 Å². The Morgan fingerprint density at radius 1 is 1.18 bits per heavy atom. The molecule has 4 heterocycles. The van der Waals surface area contributed by atoms with Crippen molar-refractivity contribution in [2.45, 2.75) is 44.6 Å². The van der Waals surface area contributed by atoms with E-state index in [1.54, 1.807) is 6.07 Å². The Balaban J connectivity index is 1.08. The van der Waals surface area contributed by atoms with E-state index in [-0.39, 0.29) is 5.91 Å². The predicted molar refractivity (Wildman–Crippen MR) is 147 cm³/mol. The van der Waals surface area contributed by atoms with Gasteiger partial charge in [-0.15, -0.1) is 0 Å². The van der Waals surface area contributed by atoms with Crippen LogP contribution >= 0.6 is 0 Å².